The lowest BCUT2D eigenvalue weighted by atomic mass is 9.71. The van der Waals surface area contributed by atoms with E-state index in [-0.39, 0.29) is 44.6 Å². The summed E-state index contributed by atoms with van der Waals surface area (Å²) in [6.07, 6.45) is -1.83. The maximum atomic E-state index is 13.5. The van der Waals surface area contributed by atoms with Gasteiger partial charge in [-0.15, -0.1) is 0 Å². The third-order valence-electron chi connectivity index (χ3n) is 5.72. The summed E-state index contributed by atoms with van der Waals surface area (Å²) >= 11 is 0. The number of methoxy groups -OCH3 is 1. The Labute approximate surface area is 151 Å². The number of alkyl carbamates (subject to hydrolysis) is 1. The van der Waals surface area contributed by atoms with Gasteiger partial charge in [-0.2, -0.15) is 0 Å². The van der Waals surface area contributed by atoms with Crippen molar-refractivity contribution in [2.75, 3.05) is 13.7 Å². The number of nitrogens with zero attached hydrogens (tertiary/aromatic N) is 1. The molecule has 1 unspecified atom stereocenters. The van der Waals surface area contributed by atoms with Gasteiger partial charge < -0.3 is 20.3 Å². The third-order valence-corrected chi connectivity index (χ3v) is 5.72. The van der Waals surface area contributed by atoms with Crippen molar-refractivity contribution in [2.24, 2.45) is 11.3 Å². The molecule has 1 amide bonds. The number of carboxylic acids is 1. The number of nitrogens with one attached hydrogen (secondary N) is 1. The van der Waals surface area contributed by atoms with Crippen molar-refractivity contribution in [3.05, 3.63) is 0 Å². The lowest BCUT2D eigenvalue weighted by molar-refractivity contribution is -0.147. The Kier molecular flexibility index (Phi) is 6.12. The second-order valence-electron chi connectivity index (χ2n) is 7.91. The smallest absolute Gasteiger partial charge is 0.407 e. The maximum absolute atomic E-state index is 13.5. The number of amides is 1. The molecule has 7 nitrogen and oxygen atoms in total. The number of carboxylic acid groups (broad SMARTS) is 1. The van der Waals surface area contributed by atoms with Crippen LogP contribution >= 0.6 is 0 Å². The molecule has 2 aliphatic rings. The molecule has 1 aliphatic carbocycles. The van der Waals surface area contributed by atoms with E-state index in [0.717, 1.165) is 0 Å². The number of hydrogen-bond acceptors (Lipinski definition) is 5. The number of aliphatic hydroxyl groups is 1. The molecule has 1 heterocycles. The van der Waals surface area contributed by atoms with Gasteiger partial charge in [-0.3, -0.25) is 9.69 Å². The zero-order valence-corrected chi connectivity index (χ0v) is 15.4. The predicted octanol–water partition coefficient (Wildman–Crippen LogP) is 2.04. The van der Waals surface area contributed by atoms with E-state index in [4.69, 9.17) is 0 Å². The molecule has 0 aromatic heterocycles. The number of alkyl halides is 2. The fourth-order valence-corrected chi connectivity index (χ4v) is 4.09. The maximum Gasteiger partial charge on any atom is 0.407 e. The fourth-order valence-electron chi connectivity index (χ4n) is 4.09. The van der Waals surface area contributed by atoms with E-state index in [1.165, 1.54) is 12.0 Å². The highest BCUT2D eigenvalue weighted by Gasteiger charge is 2.53. The van der Waals surface area contributed by atoms with Crippen molar-refractivity contribution in [1.29, 1.82) is 0 Å². The first-order valence-corrected chi connectivity index (χ1v) is 8.89. The molecule has 3 N–H and O–H groups in total. The summed E-state index contributed by atoms with van der Waals surface area (Å²) < 4.78 is 31.6. The Balaban J connectivity index is 2.19. The summed E-state index contributed by atoms with van der Waals surface area (Å²) in [4.78, 5) is 24.7. The molecule has 1 saturated heterocycles. The second-order valence-corrected chi connectivity index (χ2v) is 7.91. The summed E-state index contributed by atoms with van der Waals surface area (Å²) in [5, 5.41) is 22.9. The van der Waals surface area contributed by atoms with E-state index in [1.54, 1.807) is 13.8 Å². The zero-order valence-electron chi connectivity index (χ0n) is 15.4. The first-order chi connectivity index (χ1) is 12.0. The quantitative estimate of drug-likeness (QED) is 0.677. The number of hydrogen-bond donors (Lipinski definition) is 3. The van der Waals surface area contributed by atoms with Gasteiger partial charge in [0, 0.05) is 19.4 Å². The van der Waals surface area contributed by atoms with Gasteiger partial charge in [0.15, 0.2) is 0 Å². The highest BCUT2D eigenvalue weighted by Crippen LogP contribution is 2.50. The summed E-state index contributed by atoms with van der Waals surface area (Å²) in [6, 6.07) is -1.72. The standard InChI is InChI=1S/C17H28F2N2O5/c1-10(2)12(20-15(25)26-3)13(22)21-9-16(8-11(21)14(23)24)4-6-17(18,19)7-5-16/h10-13,22H,4-9H2,1-3H3,(H,20,25)(H,23,24)/t11-,12-,13?/m0/s1. The largest absolute Gasteiger partial charge is 0.480 e. The van der Waals surface area contributed by atoms with Gasteiger partial charge in [0.1, 0.15) is 12.3 Å². The Bertz CT molecular complexity index is 533. The van der Waals surface area contributed by atoms with Crippen LogP contribution in [0, 0.1) is 11.3 Å². The number of carbonyl (C=O) groups is 2. The van der Waals surface area contributed by atoms with Crippen LogP contribution in [0.1, 0.15) is 46.0 Å². The predicted molar refractivity (Wildman–Crippen MR) is 88.8 cm³/mol. The summed E-state index contributed by atoms with van der Waals surface area (Å²) in [5.41, 5.74) is -0.543. The Hall–Kier alpha value is -1.48. The molecule has 2 rings (SSSR count). The van der Waals surface area contributed by atoms with Gasteiger partial charge in [0.25, 0.3) is 0 Å². The molecular formula is C17H28F2N2O5. The van der Waals surface area contributed by atoms with Gasteiger partial charge in [-0.1, -0.05) is 13.8 Å². The van der Waals surface area contributed by atoms with Crippen molar-refractivity contribution in [1.82, 2.24) is 10.2 Å². The number of likely N-dealkylation sites (tertiary alicyclic amines) is 1. The molecule has 1 spiro atoms. The van der Waals surface area contributed by atoms with Gasteiger partial charge in [-0.25, -0.2) is 13.6 Å². The second kappa shape index (κ2) is 7.64. The first-order valence-electron chi connectivity index (χ1n) is 8.89. The van der Waals surface area contributed by atoms with Crippen LogP contribution in [0.25, 0.3) is 0 Å². The van der Waals surface area contributed by atoms with Crippen molar-refractivity contribution in [3.63, 3.8) is 0 Å². The molecule has 0 aromatic rings. The molecule has 0 bridgehead atoms. The summed E-state index contributed by atoms with van der Waals surface area (Å²) in [7, 11) is 1.20. The topological polar surface area (TPSA) is 99.1 Å². The zero-order chi connectivity index (χ0) is 19.7. The number of aliphatic carboxylic acids is 1. The van der Waals surface area contributed by atoms with Crippen LogP contribution in [0.5, 0.6) is 0 Å². The number of halogens is 2. The number of carbonyl (C=O) groups excluding carboxylic acids is 1. The van der Waals surface area contributed by atoms with Crippen LogP contribution in [0.15, 0.2) is 0 Å². The first kappa shape index (κ1) is 20.8. The van der Waals surface area contributed by atoms with Gasteiger partial charge in [-0.05, 0) is 30.6 Å². The molecule has 0 radical (unpaired) electrons. The molecular weight excluding hydrogens is 350 g/mol. The van der Waals surface area contributed by atoms with Crippen LogP contribution in [0.2, 0.25) is 0 Å². The van der Waals surface area contributed by atoms with Crippen molar-refractivity contribution in [3.8, 4) is 0 Å². The molecule has 1 saturated carbocycles. The van der Waals surface area contributed by atoms with Crippen LogP contribution < -0.4 is 5.32 Å². The highest BCUT2D eigenvalue weighted by molar-refractivity contribution is 5.74. The minimum absolute atomic E-state index is 0.189. The lowest BCUT2D eigenvalue weighted by Gasteiger charge is -2.38. The van der Waals surface area contributed by atoms with Gasteiger partial charge in [0.2, 0.25) is 5.92 Å². The van der Waals surface area contributed by atoms with Gasteiger partial charge in [0.05, 0.1) is 13.2 Å². The van der Waals surface area contributed by atoms with E-state index < -0.39 is 41.7 Å². The van der Waals surface area contributed by atoms with E-state index in [1.807, 2.05) is 0 Å². The van der Waals surface area contributed by atoms with Gasteiger partial charge >= 0.3 is 12.1 Å². The minimum Gasteiger partial charge on any atom is -0.480 e. The van der Waals surface area contributed by atoms with E-state index in [2.05, 4.69) is 10.1 Å². The Morgan fingerprint density at radius 2 is 1.81 bits per heavy atom. The monoisotopic (exact) mass is 378 g/mol. The van der Waals surface area contributed by atoms with Crippen LogP contribution in [-0.2, 0) is 9.53 Å². The Morgan fingerprint density at radius 1 is 1.23 bits per heavy atom. The summed E-state index contributed by atoms with van der Waals surface area (Å²) in [5.74, 6) is -3.99. The molecule has 3 atom stereocenters. The SMILES string of the molecule is COC(=O)N[C@@H](C(C)C)C(O)N1CC2(CCC(F)(F)CC2)C[C@H]1C(=O)O. The van der Waals surface area contributed by atoms with Crippen molar-refractivity contribution in [2.45, 2.75) is 70.2 Å². The van der Waals surface area contributed by atoms with Crippen LogP contribution in [-0.4, -0.2) is 65.1 Å². The number of aliphatic hydroxyl groups excluding tert-OH is 1. The van der Waals surface area contributed by atoms with Crippen molar-refractivity contribution >= 4 is 12.1 Å². The van der Waals surface area contributed by atoms with E-state index in [0.29, 0.717) is 0 Å². The van der Waals surface area contributed by atoms with Crippen LogP contribution in [0.3, 0.4) is 0 Å². The molecule has 9 heteroatoms. The number of ether oxygens (including phenoxy) is 1. The van der Waals surface area contributed by atoms with E-state index in [9.17, 15) is 28.6 Å². The molecule has 0 aromatic carbocycles. The summed E-state index contributed by atoms with van der Waals surface area (Å²) in [6.45, 7) is 3.78. The highest BCUT2D eigenvalue weighted by atomic mass is 19.3. The lowest BCUT2D eigenvalue weighted by Crippen LogP contribution is -2.57. The average molecular weight is 378 g/mol. The molecule has 1 aliphatic heterocycles. The molecule has 150 valence electrons. The Morgan fingerprint density at radius 3 is 2.27 bits per heavy atom. The third kappa shape index (κ3) is 4.43. The molecule has 2 fully saturated rings. The van der Waals surface area contributed by atoms with Crippen LogP contribution in [0.4, 0.5) is 13.6 Å². The average Bonchev–Trinajstić information content (AvgIpc) is 2.95. The fraction of sp³-hybridized carbons (Fsp3) is 0.882. The van der Waals surface area contributed by atoms with Crippen molar-refractivity contribution < 1.29 is 33.3 Å². The van der Waals surface area contributed by atoms with E-state index >= 15 is 0 Å². The minimum atomic E-state index is -2.71. The normalized spacial score (nSPS) is 27.3. The molecule has 26 heavy (non-hydrogen) atoms. The number of rotatable bonds is 5.